The Hall–Kier alpha value is -2.33. The van der Waals surface area contributed by atoms with Crippen molar-refractivity contribution in [3.8, 4) is 5.75 Å². The minimum absolute atomic E-state index is 0.0246. The lowest BCUT2D eigenvalue weighted by Crippen LogP contribution is -2.37. The molecule has 4 heteroatoms. The van der Waals surface area contributed by atoms with E-state index in [1.54, 1.807) is 4.90 Å². The highest BCUT2D eigenvalue weighted by Gasteiger charge is 2.13. The molecule has 2 rings (SSSR count). The van der Waals surface area contributed by atoms with Crippen LogP contribution in [0.3, 0.4) is 0 Å². The molecule has 0 heterocycles. The first kappa shape index (κ1) is 15.1. The molecule has 4 nitrogen and oxygen atoms in total. The number of para-hydroxylation sites is 1. The molecule has 0 spiro atoms. The van der Waals surface area contributed by atoms with Gasteiger partial charge in [-0.25, -0.2) is 0 Å². The third-order valence-corrected chi connectivity index (χ3v) is 3.07. The van der Waals surface area contributed by atoms with Gasteiger partial charge in [0.05, 0.1) is 0 Å². The second-order valence-corrected chi connectivity index (χ2v) is 4.69. The Labute approximate surface area is 125 Å². The highest BCUT2D eigenvalue weighted by Crippen LogP contribution is 2.09. The number of carbonyl (C=O) groups excluding carboxylic acids is 1. The SMILES string of the molecule is NCCN(Cc1ccccc1)C(=O)COc1ccccc1. The normalized spacial score (nSPS) is 10.1. The molecule has 0 saturated heterocycles. The molecule has 21 heavy (non-hydrogen) atoms. The fourth-order valence-corrected chi connectivity index (χ4v) is 2.00. The highest BCUT2D eigenvalue weighted by molar-refractivity contribution is 5.77. The van der Waals surface area contributed by atoms with Gasteiger partial charge >= 0.3 is 0 Å². The molecule has 0 aliphatic rings. The van der Waals surface area contributed by atoms with Crippen LogP contribution in [0.4, 0.5) is 0 Å². The molecule has 2 N–H and O–H groups in total. The second kappa shape index (κ2) is 8.07. The van der Waals surface area contributed by atoms with E-state index in [0.717, 1.165) is 5.56 Å². The molecule has 0 saturated carbocycles. The van der Waals surface area contributed by atoms with Crippen LogP contribution in [0.5, 0.6) is 5.75 Å². The van der Waals surface area contributed by atoms with Crippen molar-refractivity contribution in [1.29, 1.82) is 0 Å². The van der Waals surface area contributed by atoms with E-state index < -0.39 is 0 Å². The van der Waals surface area contributed by atoms with Crippen LogP contribution in [0.2, 0.25) is 0 Å². The quantitative estimate of drug-likeness (QED) is 0.846. The average molecular weight is 284 g/mol. The van der Waals surface area contributed by atoms with Gasteiger partial charge in [0.15, 0.2) is 6.61 Å². The predicted molar refractivity (Wildman–Crippen MR) is 82.9 cm³/mol. The summed E-state index contributed by atoms with van der Waals surface area (Å²) in [4.78, 5) is 14.0. The Morgan fingerprint density at radius 3 is 2.24 bits per heavy atom. The van der Waals surface area contributed by atoms with Gasteiger partial charge < -0.3 is 15.4 Å². The average Bonchev–Trinajstić information content (AvgIpc) is 2.54. The molecule has 0 aromatic heterocycles. The van der Waals surface area contributed by atoms with Crippen LogP contribution < -0.4 is 10.5 Å². The molecule has 0 atom stereocenters. The minimum atomic E-state index is -0.0619. The van der Waals surface area contributed by atoms with Gasteiger partial charge in [0.1, 0.15) is 5.75 Å². The zero-order valence-corrected chi connectivity index (χ0v) is 11.9. The number of ether oxygens (including phenoxy) is 1. The molecule has 1 amide bonds. The van der Waals surface area contributed by atoms with Gasteiger partial charge in [-0.15, -0.1) is 0 Å². The third kappa shape index (κ3) is 4.93. The summed E-state index contributed by atoms with van der Waals surface area (Å²) >= 11 is 0. The Morgan fingerprint density at radius 1 is 1.00 bits per heavy atom. The maximum absolute atomic E-state index is 12.3. The summed E-state index contributed by atoms with van der Waals surface area (Å²) in [5, 5.41) is 0. The Morgan fingerprint density at radius 2 is 1.62 bits per heavy atom. The summed E-state index contributed by atoms with van der Waals surface area (Å²) in [6.07, 6.45) is 0. The standard InChI is InChI=1S/C17H20N2O2/c18-11-12-19(13-15-7-3-1-4-8-15)17(20)14-21-16-9-5-2-6-10-16/h1-10H,11-14,18H2. The maximum Gasteiger partial charge on any atom is 0.260 e. The number of amides is 1. The lowest BCUT2D eigenvalue weighted by molar-refractivity contribution is -0.133. The summed E-state index contributed by atoms with van der Waals surface area (Å²) in [6, 6.07) is 19.2. The molecule has 0 aliphatic heterocycles. The Bertz CT molecular complexity index is 543. The first-order valence-corrected chi connectivity index (χ1v) is 6.99. The molecule has 110 valence electrons. The summed E-state index contributed by atoms with van der Waals surface area (Å²) in [7, 11) is 0. The van der Waals surface area contributed by atoms with Crippen molar-refractivity contribution in [3.05, 3.63) is 66.2 Å². The van der Waals surface area contributed by atoms with E-state index in [4.69, 9.17) is 10.5 Å². The second-order valence-electron chi connectivity index (χ2n) is 4.69. The summed E-state index contributed by atoms with van der Waals surface area (Å²) in [5.41, 5.74) is 6.68. The van der Waals surface area contributed by atoms with E-state index >= 15 is 0 Å². The molecule has 0 aliphatic carbocycles. The number of nitrogens with two attached hydrogens (primary N) is 1. The number of rotatable bonds is 7. The summed E-state index contributed by atoms with van der Waals surface area (Å²) in [5.74, 6) is 0.631. The first-order chi connectivity index (χ1) is 10.3. The molecule has 0 unspecified atom stereocenters. The van der Waals surface area contributed by atoms with Gasteiger partial charge in [0.2, 0.25) is 0 Å². The number of hydrogen-bond acceptors (Lipinski definition) is 3. The lowest BCUT2D eigenvalue weighted by Gasteiger charge is -2.22. The summed E-state index contributed by atoms with van der Waals surface area (Å²) < 4.78 is 5.50. The van der Waals surface area contributed by atoms with Crippen molar-refractivity contribution in [3.63, 3.8) is 0 Å². The topological polar surface area (TPSA) is 55.6 Å². The van der Waals surface area contributed by atoms with E-state index in [1.165, 1.54) is 0 Å². The summed E-state index contributed by atoms with van der Waals surface area (Å²) in [6.45, 7) is 1.53. The smallest absolute Gasteiger partial charge is 0.260 e. The van der Waals surface area contributed by atoms with Crippen molar-refractivity contribution in [2.75, 3.05) is 19.7 Å². The van der Waals surface area contributed by atoms with E-state index in [2.05, 4.69) is 0 Å². The van der Waals surface area contributed by atoms with Crippen molar-refractivity contribution in [2.45, 2.75) is 6.54 Å². The van der Waals surface area contributed by atoms with Gasteiger partial charge in [-0.3, -0.25) is 4.79 Å². The number of nitrogens with zero attached hydrogens (tertiary/aromatic N) is 1. The van der Waals surface area contributed by atoms with Gasteiger partial charge in [0, 0.05) is 19.6 Å². The highest BCUT2D eigenvalue weighted by atomic mass is 16.5. The minimum Gasteiger partial charge on any atom is -0.484 e. The third-order valence-electron chi connectivity index (χ3n) is 3.07. The molecule has 0 radical (unpaired) electrons. The molecule has 0 fully saturated rings. The number of hydrogen-bond donors (Lipinski definition) is 1. The van der Waals surface area contributed by atoms with Crippen molar-refractivity contribution < 1.29 is 9.53 Å². The van der Waals surface area contributed by atoms with Crippen LogP contribution >= 0.6 is 0 Å². The van der Waals surface area contributed by atoms with Gasteiger partial charge in [-0.1, -0.05) is 48.5 Å². The zero-order chi connectivity index (χ0) is 14.9. The number of benzene rings is 2. The molecular weight excluding hydrogens is 264 g/mol. The molecule has 2 aromatic carbocycles. The number of carbonyl (C=O) groups is 1. The maximum atomic E-state index is 12.3. The first-order valence-electron chi connectivity index (χ1n) is 6.99. The van der Waals surface area contributed by atoms with Crippen LogP contribution in [-0.4, -0.2) is 30.5 Å². The fourth-order valence-electron chi connectivity index (χ4n) is 2.00. The van der Waals surface area contributed by atoms with Crippen molar-refractivity contribution in [2.24, 2.45) is 5.73 Å². The molecule has 0 bridgehead atoms. The zero-order valence-electron chi connectivity index (χ0n) is 11.9. The fraction of sp³-hybridized carbons (Fsp3) is 0.235. The van der Waals surface area contributed by atoms with Crippen molar-refractivity contribution in [1.82, 2.24) is 4.90 Å². The van der Waals surface area contributed by atoms with Gasteiger partial charge in [0.25, 0.3) is 5.91 Å². The van der Waals surface area contributed by atoms with Crippen molar-refractivity contribution >= 4 is 5.91 Å². The van der Waals surface area contributed by atoms with Crippen LogP contribution in [0, 0.1) is 0 Å². The monoisotopic (exact) mass is 284 g/mol. The van der Waals surface area contributed by atoms with Gasteiger partial charge in [-0.05, 0) is 17.7 Å². The van der Waals surface area contributed by atoms with Gasteiger partial charge in [-0.2, -0.15) is 0 Å². The molecular formula is C17H20N2O2. The predicted octanol–water partition coefficient (Wildman–Crippen LogP) is 2.05. The molecule has 2 aromatic rings. The lowest BCUT2D eigenvalue weighted by atomic mass is 10.2. The van der Waals surface area contributed by atoms with Crippen LogP contribution in [-0.2, 0) is 11.3 Å². The van der Waals surface area contributed by atoms with Crippen LogP contribution in [0.25, 0.3) is 0 Å². The Kier molecular flexibility index (Phi) is 5.79. The van der Waals surface area contributed by atoms with E-state index in [9.17, 15) is 4.79 Å². The van der Waals surface area contributed by atoms with Crippen LogP contribution in [0.1, 0.15) is 5.56 Å². The van der Waals surface area contributed by atoms with Crippen LogP contribution in [0.15, 0.2) is 60.7 Å². The Balaban J connectivity index is 1.92. The van der Waals surface area contributed by atoms with E-state index in [0.29, 0.717) is 25.4 Å². The van der Waals surface area contributed by atoms with E-state index in [-0.39, 0.29) is 12.5 Å². The largest absolute Gasteiger partial charge is 0.484 e. The van der Waals surface area contributed by atoms with E-state index in [1.807, 2.05) is 60.7 Å².